The number of aromatic nitrogens is 1. The molecule has 3 aromatic rings. The standard InChI is InChI=1S/C21H22ClFN2O2/c1-26-18-12-14-17(24-16-7-4-6-15(23)20(16)21(14)22)13-19(18)27-11-5-10-25-8-2-3-9-25/h4,6-7,12-13H,2-3,5,8-11H2,1H3. The lowest BCUT2D eigenvalue weighted by Crippen LogP contribution is -2.21. The van der Waals surface area contributed by atoms with Crippen LogP contribution < -0.4 is 9.47 Å². The maximum absolute atomic E-state index is 14.2. The number of rotatable bonds is 6. The molecule has 6 heteroatoms. The van der Waals surface area contributed by atoms with Crippen molar-refractivity contribution < 1.29 is 13.9 Å². The van der Waals surface area contributed by atoms with Crippen LogP contribution in [0.3, 0.4) is 0 Å². The summed E-state index contributed by atoms with van der Waals surface area (Å²) in [6, 6.07) is 8.36. The van der Waals surface area contributed by atoms with Crippen molar-refractivity contribution in [2.45, 2.75) is 19.3 Å². The molecule has 0 N–H and O–H groups in total. The maximum Gasteiger partial charge on any atom is 0.163 e. The van der Waals surface area contributed by atoms with Crippen molar-refractivity contribution in [1.29, 1.82) is 0 Å². The van der Waals surface area contributed by atoms with Gasteiger partial charge in [-0.15, -0.1) is 0 Å². The molecule has 0 radical (unpaired) electrons. The van der Waals surface area contributed by atoms with E-state index >= 15 is 0 Å². The molecule has 1 aliphatic heterocycles. The third kappa shape index (κ3) is 3.66. The van der Waals surface area contributed by atoms with Gasteiger partial charge >= 0.3 is 0 Å². The number of nitrogens with zero attached hydrogens (tertiary/aromatic N) is 2. The van der Waals surface area contributed by atoms with Crippen molar-refractivity contribution in [3.05, 3.63) is 41.2 Å². The number of hydrogen-bond donors (Lipinski definition) is 0. The predicted molar refractivity (Wildman–Crippen MR) is 107 cm³/mol. The fourth-order valence-electron chi connectivity index (χ4n) is 3.65. The molecule has 2 heterocycles. The van der Waals surface area contributed by atoms with Gasteiger partial charge < -0.3 is 14.4 Å². The first kappa shape index (κ1) is 18.3. The fourth-order valence-corrected chi connectivity index (χ4v) is 3.99. The Morgan fingerprint density at radius 1 is 1.15 bits per heavy atom. The van der Waals surface area contributed by atoms with Crippen LogP contribution in [0.5, 0.6) is 11.5 Å². The highest BCUT2D eigenvalue weighted by atomic mass is 35.5. The molecule has 2 aromatic carbocycles. The number of fused-ring (bicyclic) bond motifs is 2. The lowest BCUT2D eigenvalue weighted by atomic mass is 10.1. The highest BCUT2D eigenvalue weighted by Gasteiger charge is 2.16. The molecule has 0 bridgehead atoms. The van der Waals surface area contributed by atoms with Crippen LogP contribution in [-0.4, -0.2) is 43.2 Å². The molecular formula is C21H22ClFN2O2. The number of halogens is 2. The van der Waals surface area contributed by atoms with Gasteiger partial charge in [0.1, 0.15) is 5.82 Å². The number of methoxy groups -OCH3 is 1. The zero-order valence-corrected chi connectivity index (χ0v) is 16.1. The van der Waals surface area contributed by atoms with Crippen molar-refractivity contribution in [3.63, 3.8) is 0 Å². The molecule has 4 rings (SSSR count). The Morgan fingerprint density at radius 2 is 1.96 bits per heavy atom. The van der Waals surface area contributed by atoms with Crippen molar-refractivity contribution in [3.8, 4) is 11.5 Å². The summed E-state index contributed by atoms with van der Waals surface area (Å²) >= 11 is 6.48. The van der Waals surface area contributed by atoms with Crippen LogP contribution in [0.15, 0.2) is 30.3 Å². The molecule has 0 atom stereocenters. The van der Waals surface area contributed by atoms with Gasteiger partial charge in [0.05, 0.1) is 35.2 Å². The van der Waals surface area contributed by atoms with Crippen molar-refractivity contribution in [2.24, 2.45) is 0 Å². The van der Waals surface area contributed by atoms with E-state index in [2.05, 4.69) is 9.88 Å². The smallest absolute Gasteiger partial charge is 0.163 e. The molecule has 0 amide bonds. The minimum Gasteiger partial charge on any atom is -0.493 e. The van der Waals surface area contributed by atoms with Crippen LogP contribution in [0.2, 0.25) is 5.02 Å². The first-order chi connectivity index (χ1) is 13.2. The van der Waals surface area contributed by atoms with Crippen LogP contribution in [0, 0.1) is 5.82 Å². The fraction of sp³-hybridized carbons (Fsp3) is 0.381. The zero-order chi connectivity index (χ0) is 18.8. The summed E-state index contributed by atoms with van der Waals surface area (Å²) in [5.74, 6) is 0.821. The minimum absolute atomic E-state index is 0.327. The summed E-state index contributed by atoms with van der Waals surface area (Å²) in [7, 11) is 1.58. The molecule has 0 saturated carbocycles. The predicted octanol–water partition coefficient (Wildman–Crippen LogP) is 5.05. The van der Waals surface area contributed by atoms with Crippen molar-refractivity contribution in [1.82, 2.24) is 9.88 Å². The van der Waals surface area contributed by atoms with Crippen molar-refractivity contribution >= 4 is 33.4 Å². The number of pyridine rings is 1. The molecule has 4 nitrogen and oxygen atoms in total. The second kappa shape index (κ2) is 7.87. The first-order valence-corrected chi connectivity index (χ1v) is 9.66. The van der Waals surface area contributed by atoms with E-state index in [4.69, 9.17) is 21.1 Å². The maximum atomic E-state index is 14.2. The zero-order valence-electron chi connectivity index (χ0n) is 15.3. The molecule has 142 valence electrons. The largest absolute Gasteiger partial charge is 0.493 e. The Labute approximate surface area is 162 Å². The first-order valence-electron chi connectivity index (χ1n) is 9.28. The molecule has 1 saturated heterocycles. The summed E-state index contributed by atoms with van der Waals surface area (Å²) in [6.07, 6.45) is 3.54. The normalized spacial score (nSPS) is 14.9. The van der Waals surface area contributed by atoms with E-state index in [0.717, 1.165) is 13.0 Å². The second-order valence-corrected chi connectivity index (χ2v) is 7.21. The third-order valence-electron chi connectivity index (χ3n) is 5.05. The van der Waals surface area contributed by atoms with E-state index in [0.29, 0.717) is 44.9 Å². The van der Waals surface area contributed by atoms with Gasteiger partial charge in [0, 0.05) is 18.0 Å². The van der Waals surface area contributed by atoms with Crippen molar-refractivity contribution in [2.75, 3.05) is 33.4 Å². The van der Waals surface area contributed by atoms with E-state index in [1.807, 2.05) is 6.07 Å². The molecule has 1 fully saturated rings. The Bertz CT molecular complexity index is 973. The lowest BCUT2D eigenvalue weighted by molar-refractivity contribution is 0.254. The molecular weight excluding hydrogens is 367 g/mol. The van der Waals surface area contributed by atoms with Gasteiger partial charge in [-0.1, -0.05) is 17.7 Å². The topological polar surface area (TPSA) is 34.6 Å². The van der Waals surface area contributed by atoms with E-state index in [1.54, 1.807) is 25.3 Å². The van der Waals surface area contributed by atoms with Gasteiger partial charge in [-0.2, -0.15) is 0 Å². The summed E-state index contributed by atoms with van der Waals surface area (Å²) < 4.78 is 25.6. The Kier molecular flexibility index (Phi) is 5.32. The van der Waals surface area contributed by atoms with E-state index in [1.165, 1.54) is 32.0 Å². The highest BCUT2D eigenvalue weighted by molar-refractivity contribution is 6.40. The molecule has 1 aromatic heterocycles. The van der Waals surface area contributed by atoms with Gasteiger partial charge in [0.25, 0.3) is 0 Å². The van der Waals surface area contributed by atoms with Gasteiger partial charge in [0.15, 0.2) is 11.5 Å². The third-order valence-corrected chi connectivity index (χ3v) is 5.44. The van der Waals surface area contributed by atoms with Gasteiger partial charge in [0.2, 0.25) is 0 Å². The summed E-state index contributed by atoms with van der Waals surface area (Å²) in [6.45, 7) is 4.02. The van der Waals surface area contributed by atoms with Crippen LogP contribution in [0.4, 0.5) is 4.39 Å². The Morgan fingerprint density at radius 3 is 2.74 bits per heavy atom. The SMILES string of the molecule is COc1cc2c(Cl)c3c(F)cccc3nc2cc1OCCCN1CCCC1. The van der Waals surface area contributed by atoms with E-state index < -0.39 is 0 Å². The number of benzene rings is 2. The average Bonchev–Trinajstić information content (AvgIpc) is 3.18. The van der Waals surface area contributed by atoms with Crippen LogP contribution in [0.25, 0.3) is 21.8 Å². The van der Waals surface area contributed by atoms with E-state index in [9.17, 15) is 4.39 Å². The Hall–Kier alpha value is -2.11. The van der Waals surface area contributed by atoms with Crippen LogP contribution >= 0.6 is 11.6 Å². The monoisotopic (exact) mass is 388 g/mol. The lowest BCUT2D eigenvalue weighted by Gasteiger charge is -2.16. The highest BCUT2D eigenvalue weighted by Crippen LogP contribution is 2.38. The number of likely N-dealkylation sites (tertiary alicyclic amines) is 1. The minimum atomic E-state index is -0.381. The molecule has 0 spiro atoms. The quantitative estimate of drug-likeness (QED) is 0.437. The molecule has 0 unspecified atom stereocenters. The van der Waals surface area contributed by atoms with Crippen LogP contribution in [0.1, 0.15) is 19.3 Å². The summed E-state index contributed by atoms with van der Waals surface area (Å²) in [5.41, 5.74) is 1.19. The molecule has 1 aliphatic rings. The van der Waals surface area contributed by atoms with Gasteiger partial charge in [-0.25, -0.2) is 9.37 Å². The van der Waals surface area contributed by atoms with Gasteiger partial charge in [-0.05, 0) is 50.6 Å². The Balaban J connectivity index is 1.61. The summed E-state index contributed by atoms with van der Waals surface area (Å²) in [5, 5.41) is 1.32. The molecule has 27 heavy (non-hydrogen) atoms. The second-order valence-electron chi connectivity index (χ2n) is 6.83. The number of ether oxygens (including phenoxy) is 2. The van der Waals surface area contributed by atoms with E-state index in [-0.39, 0.29) is 5.82 Å². The van der Waals surface area contributed by atoms with Gasteiger partial charge in [-0.3, -0.25) is 0 Å². The summed E-state index contributed by atoms with van der Waals surface area (Å²) in [4.78, 5) is 7.02. The average molecular weight is 389 g/mol. The van der Waals surface area contributed by atoms with Crippen LogP contribution in [-0.2, 0) is 0 Å². The molecule has 0 aliphatic carbocycles. The number of hydrogen-bond acceptors (Lipinski definition) is 4.